The molecule has 5 nitrogen and oxygen atoms in total. The van der Waals surface area contributed by atoms with Gasteiger partial charge in [-0.05, 0) is 49.3 Å². The third-order valence-corrected chi connectivity index (χ3v) is 6.53. The molecular weight excluding hydrogens is 372 g/mol. The molecule has 1 heterocycles. The number of guanidine groups is 1. The average Bonchev–Trinajstić information content (AvgIpc) is 2.73. The molecule has 6 heteroatoms. The van der Waals surface area contributed by atoms with Crippen LogP contribution in [-0.4, -0.2) is 50.5 Å². The third kappa shape index (κ3) is 5.63. The fourth-order valence-corrected chi connectivity index (χ4v) is 4.23. The van der Waals surface area contributed by atoms with Crippen LogP contribution in [0.15, 0.2) is 29.3 Å². The van der Waals surface area contributed by atoms with Crippen molar-refractivity contribution < 1.29 is 4.79 Å². The van der Waals surface area contributed by atoms with Crippen LogP contribution >= 0.6 is 11.6 Å². The van der Waals surface area contributed by atoms with Gasteiger partial charge >= 0.3 is 0 Å². The minimum absolute atomic E-state index is 0.0536. The highest BCUT2D eigenvalue weighted by Crippen LogP contribution is 2.32. The highest BCUT2D eigenvalue weighted by Gasteiger charge is 2.30. The number of carbonyl (C=O) groups excluding carboxylic acids is 1. The molecule has 1 aromatic rings. The van der Waals surface area contributed by atoms with E-state index in [0.29, 0.717) is 12.3 Å². The van der Waals surface area contributed by atoms with Gasteiger partial charge in [-0.3, -0.25) is 9.79 Å². The maximum atomic E-state index is 11.6. The Balaban J connectivity index is 1.98. The molecule has 0 unspecified atom stereocenters. The molecule has 0 radical (unpaired) electrons. The fraction of sp³-hybridized carbons (Fsp3) is 0.636. The van der Waals surface area contributed by atoms with Crippen LogP contribution in [0.1, 0.15) is 51.5 Å². The van der Waals surface area contributed by atoms with Crippen molar-refractivity contribution in [1.29, 1.82) is 0 Å². The molecule has 2 rings (SSSR count). The van der Waals surface area contributed by atoms with Crippen molar-refractivity contribution in [3.05, 3.63) is 34.9 Å². The number of nitrogens with zero attached hydrogens (tertiary/aromatic N) is 2. The first-order valence-corrected chi connectivity index (χ1v) is 10.8. The van der Waals surface area contributed by atoms with Gasteiger partial charge in [0.2, 0.25) is 5.91 Å². The van der Waals surface area contributed by atoms with Crippen molar-refractivity contribution in [2.75, 3.05) is 33.7 Å². The van der Waals surface area contributed by atoms with E-state index in [1.54, 1.807) is 7.05 Å². The third-order valence-electron chi connectivity index (χ3n) is 6.27. The number of hydrogen-bond donors (Lipinski definition) is 2. The Bertz CT molecular complexity index is 647. The van der Waals surface area contributed by atoms with Crippen molar-refractivity contribution in [3.8, 4) is 0 Å². The summed E-state index contributed by atoms with van der Waals surface area (Å²) in [6.07, 6.45) is 4.77. The first-order chi connectivity index (χ1) is 13.5. The molecule has 0 atom stereocenters. The minimum Gasteiger partial charge on any atom is -0.359 e. The summed E-state index contributed by atoms with van der Waals surface area (Å²) in [6.45, 7) is 7.20. The molecule has 156 valence electrons. The lowest BCUT2D eigenvalue weighted by Crippen LogP contribution is -2.49. The number of halogens is 1. The predicted octanol–water partition coefficient (Wildman–Crippen LogP) is 3.82. The zero-order valence-corrected chi connectivity index (χ0v) is 18.5. The molecule has 1 aliphatic rings. The summed E-state index contributed by atoms with van der Waals surface area (Å²) >= 11 is 6.09. The second-order valence-corrected chi connectivity index (χ2v) is 8.14. The van der Waals surface area contributed by atoms with Crippen molar-refractivity contribution in [2.24, 2.45) is 10.9 Å². The highest BCUT2D eigenvalue weighted by molar-refractivity contribution is 6.30. The number of piperidine rings is 1. The van der Waals surface area contributed by atoms with Gasteiger partial charge in [0, 0.05) is 50.6 Å². The normalized spacial score (nSPS) is 16.2. The lowest BCUT2D eigenvalue weighted by atomic mass is 9.76. The summed E-state index contributed by atoms with van der Waals surface area (Å²) < 4.78 is 0. The lowest BCUT2D eigenvalue weighted by Gasteiger charge is -2.37. The number of likely N-dealkylation sites (tertiary alicyclic amines) is 1. The second-order valence-electron chi connectivity index (χ2n) is 7.70. The Labute approximate surface area is 174 Å². The molecular formula is C22H35ClN4O. The Morgan fingerprint density at radius 3 is 2.32 bits per heavy atom. The monoisotopic (exact) mass is 406 g/mol. The zero-order valence-electron chi connectivity index (χ0n) is 17.7. The van der Waals surface area contributed by atoms with Gasteiger partial charge in [0.1, 0.15) is 0 Å². The van der Waals surface area contributed by atoms with Crippen LogP contribution in [-0.2, 0) is 10.2 Å². The van der Waals surface area contributed by atoms with E-state index in [-0.39, 0.29) is 11.3 Å². The number of hydrogen-bond acceptors (Lipinski definition) is 2. The van der Waals surface area contributed by atoms with Gasteiger partial charge in [0.25, 0.3) is 0 Å². The zero-order chi connectivity index (χ0) is 20.6. The first-order valence-electron chi connectivity index (χ1n) is 10.4. The quantitative estimate of drug-likeness (QED) is 0.534. The highest BCUT2D eigenvalue weighted by atomic mass is 35.5. The summed E-state index contributed by atoms with van der Waals surface area (Å²) in [5.74, 6) is 1.56. The first kappa shape index (κ1) is 22.5. The smallest absolute Gasteiger partial charge is 0.220 e. The summed E-state index contributed by atoms with van der Waals surface area (Å²) in [7, 11) is 3.55. The van der Waals surface area contributed by atoms with Crippen molar-refractivity contribution in [2.45, 2.75) is 51.4 Å². The van der Waals surface area contributed by atoms with E-state index >= 15 is 0 Å². The molecule has 1 fully saturated rings. The minimum atomic E-state index is 0.0536. The SMILES string of the molecule is CCC(CC)(CNC(=NC)N1CCC(CC(=O)NC)CC1)c1ccc(Cl)cc1. The molecule has 0 bridgehead atoms. The van der Waals surface area contributed by atoms with Gasteiger partial charge in [0.05, 0.1) is 0 Å². The maximum absolute atomic E-state index is 11.6. The molecule has 0 saturated carbocycles. The Kier molecular flexibility index (Phi) is 8.61. The lowest BCUT2D eigenvalue weighted by molar-refractivity contribution is -0.121. The molecule has 1 saturated heterocycles. The van der Waals surface area contributed by atoms with Gasteiger partial charge in [-0.15, -0.1) is 0 Å². The van der Waals surface area contributed by atoms with Gasteiger partial charge in [-0.1, -0.05) is 37.6 Å². The molecule has 1 aliphatic heterocycles. The van der Waals surface area contributed by atoms with Crippen LogP contribution in [0, 0.1) is 5.92 Å². The van der Waals surface area contributed by atoms with Gasteiger partial charge < -0.3 is 15.5 Å². The van der Waals surface area contributed by atoms with E-state index in [0.717, 1.165) is 56.3 Å². The number of nitrogens with one attached hydrogen (secondary N) is 2. The molecule has 0 spiro atoms. The van der Waals surface area contributed by atoms with Crippen LogP contribution in [0.3, 0.4) is 0 Å². The topological polar surface area (TPSA) is 56.7 Å². The fourth-order valence-electron chi connectivity index (χ4n) is 4.11. The molecule has 1 aromatic carbocycles. The summed E-state index contributed by atoms with van der Waals surface area (Å²) in [4.78, 5) is 18.5. The number of rotatable bonds is 7. The summed E-state index contributed by atoms with van der Waals surface area (Å²) in [5, 5.41) is 7.13. The molecule has 0 aromatic heterocycles. The summed E-state index contributed by atoms with van der Waals surface area (Å²) in [6, 6.07) is 8.24. The van der Waals surface area contributed by atoms with Gasteiger partial charge in [-0.25, -0.2) is 0 Å². The Morgan fingerprint density at radius 1 is 1.21 bits per heavy atom. The van der Waals surface area contributed by atoms with Crippen molar-refractivity contribution >= 4 is 23.5 Å². The number of benzene rings is 1. The van der Waals surface area contributed by atoms with E-state index < -0.39 is 0 Å². The van der Waals surface area contributed by atoms with E-state index in [1.165, 1.54) is 5.56 Å². The van der Waals surface area contributed by atoms with Gasteiger partial charge in [0.15, 0.2) is 5.96 Å². The van der Waals surface area contributed by atoms with Crippen LogP contribution < -0.4 is 10.6 Å². The Hall–Kier alpha value is -1.75. The van der Waals surface area contributed by atoms with E-state index in [4.69, 9.17) is 11.6 Å². The predicted molar refractivity (Wildman–Crippen MR) is 118 cm³/mol. The standard InChI is InChI=1S/C22H35ClN4O/c1-5-22(6-2,18-7-9-19(23)10-8-18)16-26-21(25-4)27-13-11-17(12-14-27)15-20(28)24-3/h7-10,17H,5-6,11-16H2,1-4H3,(H,24,28)(H,25,26). The van der Waals surface area contributed by atoms with Gasteiger partial charge in [-0.2, -0.15) is 0 Å². The van der Waals surface area contributed by atoms with E-state index in [2.05, 4.69) is 46.5 Å². The molecule has 28 heavy (non-hydrogen) atoms. The van der Waals surface area contributed by atoms with Crippen LogP contribution in [0.5, 0.6) is 0 Å². The number of amides is 1. The second kappa shape index (κ2) is 10.7. The summed E-state index contributed by atoms with van der Waals surface area (Å²) in [5.41, 5.74) is 1.37. The van der Waals surface area contributed by atoms with E-state index in [9.17, 15) is 4.79 Å². The van der Waals surface area contributed by atoms with Crippen LogP contribution in [0.25, 0.3) is 0 Å². The Morgan fingerprint density at radius 2 is 1.82 bits per heavy atom. The van der Waals surface area contributed by atoms with Crippen molar-refractivity contribution in [3.63, 3.8) is 0 Å². The maximum Gasteiger partial charge on any atom is 0.220 e. The molecule has 1 amide bonds. The largest absolute Gasteiger partial charge is 0.359 e. The van der Waals surface area contributed by atoms with Crippen LogP contribution in [0.2, 0.25) is 5.02 Å². The number of aliphatic imine (C=N–C) groups is 1. The van der Waals surface area contributed by atoms with E-state index in [1.807, 2.05) is 19.2 Å². The molecule has 0 aliphatic carbocycles. The number of carbonyl (C=O) groups is 1. The molecule has 2 N–H and O–H groups in total. The van der Waals surface area contributed by atoms with Crippen LogP contribution in [0.4, 0.5) is 0 Å². The van der Waals surface area contributed by atoms with Crippen molar-refractivity contribution in [1.82, 2.24) is 15.5 Å². The average molecular weight is 407 g/mol.